The quantitative estimate of drug-likeness (QED) is 0.714. The van der Waals surface area contributed by atoms with Crippen LogP contribution in [-0.4, -0.2) is 25.7 Å². The fraction of sp³-hybridized carbons (Fsp3) is 0.364. The van der Waals surface area contributed by atoms with Crippen LogP contribution in [0, 0.1) is 0 Å². The number of nitrogens with two attached hydrogens (primary N) is 1. The first-order valence-corrected chi connectivity index (χ1v) is 4.89. The van der Waals surface area contributed by atoms with Crippen molar-refractivity contribution in [3.63, 3.8) is 0 Å². The molecule has 4 nitrogen and oxygen atoms in total. The third-order valence-electron chi connectivity index (χ3n) is 1.98. The maximum Gasteiger partial charge on any atom is 0.213 e. The van der Waals surface area contributed by atoms with Crippen LogP contribution in [0.5, 0.6) is 5.88 Å². The Labute approximate surface area is 90.2 Å². The van der Waals surface area contributed by atoms with Gasteiger partial charge in [0, 0.05) is 6.07 Å². The molecule has 1 aromatic rings. The molecule has 0 aromatic carbocycles. The number of anilines is 1. The van der Waals surface area contributed by atoms with Gasteiger partial charge in [-0.1, -0.05) is 6.08 Å². The zero-order chi connectivity index (χ0) is 11.1. The highest BCUT2D eigenvalue weighted by molar-refractivity contribution is 5.61. The lowest BCUT2D eigenvalue weighted by molar-refractivity contribution is 0.398. The Hall–Kier alpha value is -1.55. The van der Waals surface area contributed by atoms with Gasteiger partial charge in [0.15, 0.2) is 0 Å². The zero-order valence-corrected chi connectivity index (χ0v) is 9.16. The summed E-state index contributed by atoms with van der Waals surface area (Å²) in [7, 11) is 3.51. The zero-order valence-electron chi connectivity index (χ0n) is 9.16. The van der Waals surface area contributed by atoms with Gasteiger partial charge in [0.2, 0.25) is 5.88 Å². The van der Waals surface area contributed by atoms with E-state index in [1.165, 1.54) is 0 Å². The van der Waals surface area contributed by atoms with Crippen molar-refractivity contribution in [2.24, 2.45) is 0 Å². The Morgan fingerprint density at radius 3 is 3.00 bits per heavy atom. The van der Waals surface area contributed by atoms with Crippen LogP contribution in [0.4, 0.5) is 5.69 Å². The van der Waals surface area contributed by atoms with E-state index in [0.29, 0.717) is 11.6 Å². The topological polar surface area (TPSA) is 60.2 Å². The van der Waals surface area contributed by atoms with Crippen molar-refractivity contribution in [3.8, 4) is 5.88 Å². The summed E-state index contributed by atoms with van der Waals surface area (Å²) in [5.41, 5.74) is 7.19. The van der Waals surface area contributed by atoms with E-state index in [-0.39, 0.29) is 0 Å². The van der Waals surface area contributed by atoms with Gasteiger partial charge in [-0.05, 0) is 32.2 Å². The molecule has 0 aliphatic heterocycles. The van der Waals surface area contributed by atoms with Crippen LogP contribution >= 0.6 is 0 Å². The minimum absolute atomic E-state index is 0.581. The van der Waals surface area contributed by atoms with E-state index in [0.717, 1.165) is 18.7 Å². The van der Waals surface area contributed by atoms with Crippen LogP contribution < -0.4 is 15.8 Å². The molecule has 1 heterocycles. The van der Waals surface area contributed by atoms with Crippen molar-refractivity contribution in [2.45, 2.75) is 6.42 Å². The highest BCUT2D eigenvalue weighted by atomic mass is 16.5. The molecule has 0 saturated carbocycles. The summed E-state index contributed by atoms with van der Waals surface area (Å²) < 4.78 is 5.02. The van der Waals surface area contributed by atoms with Gasteiger partial charge < -0.3 is 15.8 Å². The molecule has 0 radical (unpaired) electrons. The van der Waals surface area contributed by atoms with Crippen molar-refractivity contribution in [1.29, 1.82) is 0 Å². The molecule has 0 aliphatic rings. The number of ether oxygens (including phenoxy) is 1. The second-order valence-electron chi connectivity index (χ2n) is 3.12. The normalized spacial score (nSPS) is 10.8. The molecule has 3 N–H and O–H groups in total. The van der Waals surface area contributed by atoms with Gasteiger partial charge in [0.25, 0.3) is 0 Å². The van der Waals surface area contributed by atoms with Crippen molar-refractivity contribution in [2.75, 3.05) is 26.4 Å². The molecule has 0 bridgehead atoms. The lowest BCUT2D eigenvalue weighted by Crippen LogP contribution is -2.05. The molecule has 1 aromatic heterocycles. The first-order valence-electron chi connectivity index (χ1n) is 4.89. The molecule has 1 rings (SSSR count). The van der Waals surface area contributed by atoms with Gasteiger partial charge in [-0.3, -0.25) is 0 Å². The largest absolute Gasteiger partial charge is 0.481 e. The summed E-state index contributed by atoms with van der Waals surface area (Å²) >= 11 is 0. The monoisotopic (exact) mass is 207 g/mol. The van der Waals surface area contributed by atoms with Gasteiger partial charge in [-0.25, -0.2) is 4.98 Å². The highest BCUT2D eigenvalue weighted by Crippen LogP contribution is 2.15. The Kier molecular flexibility index (Phi) is 4.63. The predicted molar refractivity (Wildman–Crippen MR) is 62.8 cm³/mol. The number of nitrogen functional groups attached to an aromatic ring is 1. The molecule has 82 valence electrons. The standard InChI is InChI=1S/C11H17N3O/c1-13-8-4-3-5-10-9(12)6-7-11(14-10)15-2/h3,5-7,13H,4,8,12H2,1-2H3. The highest BCUT2D eigenvalue weighted by Gasteiger charge is 1.98. The van der Waals surface area contributed by atoms with Crippen molar-refractivity contribution in [1.82, 2.24) is 10.3 Å². The van der Waals surface area contributed by atoms with Gasteiger partial charge in [0.05, 0.1) is 18.5 Å². The second kappa shape index (κ2) is 6.03. The second-order valence-corrected chi connectivity index (χ2v) is 3.12. The van der Waals surface area contributed by atoms with E-state index in [1.54, 1.807) is 19.2 Å². The molecule has 0 spiro atoms. The number of methoxy groups -OCH3 is 1. The van der Waals surface area contributed by atoms with E-state index in [4.69, 9.17) is 10.5 Å². The third kappa shape index (κ3) is 3.59. The number of hydrogen-bond acceptors (Lipinski definition) is 4. The maximum absolute atomic E-state index is 5.77. The molecular formula is C11H17N3O. The average Bonchev–Trinajstić information content (AvgIpc) is 2.26. The van der Waals surface area contributed by atoms with E-state index in [1.807, 2.05) is 19.2 Å². The summed E-state index contributed by atoms with van der Waals surface area (Å²) in [6.45, 7) is 0.945. The number of nitrogens with zero attached hydrogens (tertiary/aromatic N) is 1. The van der Waals surface area contributed by atoms with Crippen LogP contribution in [-0.2, 0) is 0 Å². The third-order valence-corrected chi connectivity index (χ3v) is 1.98. The number of pyridine rings is 1. The van der Waals surface area contributed by atoms with Gasteiger partial charge in [-0.2, -0.15) is 0 Å². The Balaban J connectivity index is 2.70. The molecule has 0 saturated heterocycles. The van der Waals surface area contributed by atoms with Crippen LogP contribution in [0.3, 0.4) is 0 Å². The van der Waals surface area contributed by atoms with Gasteiger partial charge in [-0.15, -0.1) is 0 Å². The SMILES string of the molecule is CNCCC=Cc1nc(OC)ccc1N. The van der Waals surface area contributed by atoms with E-state index < -0.39 is 0 Å². The first-order chi connectivity index (χ1) is 7.27. The van der Waals surface area contributed by atoms with Crippen molar-refractivity contribution in [3.05, 3.63) is 23.9 Å². The van der Waals surface area contributed by atoms with E-state index in [9.17, 15) is 0 Å². The van der Waals surface area contributed by atoms with Gasteiger partial charge >= 0.3 is 0 Å². The van der Waals surface area contributed by atoms with Crippen LogP contribution in [0.2, 0.25) is 0 Å². The molecule has 0 fully saturated rings. The van der Waals surface area contributed by atoms with Crippen LogP contribution in [0.1, 0.15) is 12.1 Å². The maximum atomic E-state index is 5.77. The van der Waals surface area contributed by atoms with Gasteiger partial charge in [0.1, 0.15) is 0 Å². The smallest absolute Gasteiger partial charge is 0.213 e. The minimum atomic E-state index is 0.581. The summed E-state index contributed by atoms with van der Waals surface area (Å²) in [6, 6.07) is 3.55. The molecule has 0 amide bonds. The molecule has 0 aliphatic carbocycles. The Morgan fingerprint density at radius 1 is 1.53 bits per heavy atom. The summed E-state index contributed by atoms with van der Waals surface area (Å²) in [6.07, 6.45) is 4.90. The molecule has 15 heavy (non-hydrogen) atoms. The number of nitrogens with one attached hydrogen (secondary N) is 1. The fourth-order valence-electron chi connectivity index (χ4n) is 1.14. The number of rotatable bonds is 5. The molecule has 0 atom stereocenters. The average molecular weight is 207 g/mol. The summed E-state index contributed by atoms with van der Waals surface area (Å²) in [5.74, 6) is 0.581. The molecule has 4 heteroatoms. The predicted octanol–water partition coefficient (Wildman–Crippen LogP) is 1.30. The lowest BCUT2D eigenvalue weighted by Gasteiger charge is -2.02. The van der Waals surface area contributed by atoms with E-state index in [2.05, 4.69) is 10.3 Å². The minimum Gasteiger partial charge on any atom is -0.481 e. The summed E-state index contributed by atoms with van der Waals surface area (Å²) in [4.78, 5) is 4.23. The van der Waals surface area contributed by atoms with Crippen LogP contribution in [0.15, 0.2) is 18.2 Å². The molecule has 0 unspecified atom stereocenters. The lowest BCUT2D eigenvalue weighted by atomic mass is 10.2. The van der Waals surface area contributed by atoms with E-state index >= 15 is 0 Å². The molecular weight excluding hydrogens is 190 g/mol. The fourth-order valence-corrected chi connectivity index (χ4v) is 1.14. The summed E-state index contributed by atoms with van der Waals surface area (Å²) in [5, 5.41) is 3.06. The first kappa shape index (κ1) is 11.5. The number of hydrogen-bond donors (Lipinski definition) is 2. The van der Waals surface area contributed by atoms with Crippen LogP contribution in [0.25, 0.3) is 6.08 Å². The Morgan fingerprint density at radius 2 is 2.33 bits per heavy atom. The van der Waals surface area contributed by atoms with Crippen molar-refractivity contribution < 1.29 is 4.74 Å². The van der Waals surface area contributed by atoms with Crippen molar-refractivity contribution >= 4 is 11.8 Å². The number of aromatic nitrogens is 1. The Bertz CT molecular complexity index is 337.